The molecule has 2 aliphatic carbocycles. The summed E-state index contributed by atoms with van der Waals surface area (Å²) in [6, 6.07) is -0.334. The molecule has 0 spiro atoms. The summed E-state index contributed by atoms with van der Waals surface area (Å²) in [7, 11) is -0.639. The van der Waals surface area contributed by atoms with Gasteiger partial charge < -0.3 is 10.1 Å². The number of thiophene rings is 1. The highest BCUT2D eigenvalue weighted by atomic mass is 35.5. The van der Waals surface area contributed by atoms with Crippen LogP contribution in [0.25, 0.3) is 6.08 Å². The maximum Gasteiger partial charge on any atom is 0.348 e. The summed E-state index contributed by atoms with van der Waals surface area (Å²) in [5.41, 5.74) is 2.06. The van der Waals surface area contributed by atoms with E-state index in [0.29, 0.717) is 11.5 Å². The number of amides is 2. The van der Waals surface area contributed by atoms with E-state index < -0.39 is 10.7 Å². The zero-order chi connectivity index (χ0) is 19.4. The van der Waals surface area contributed by atoms with Gasteiger partial charge in [-0.15, -0.1) is 22.9 Å². The minimum Gasteiger partial charge on any atom is -0.462 e. The summed E-state index contributed by atoms with van der Waals surface area (Å²) in [6.07, 6.45) is 11.8. The lowest BCUT2D eigenvalue weighted by Gasteiger charge is -2.26. The number of carbonyl (C=O) groups is 2. The number of halogens is 1. The molecule has 8 heteroatoms. The predicted octanol–water partition coefficient (Wildman–Crippen LogP) is 4.93. The van der Waals surface area contributed by atoms with Gasteiger partial charge in [0.15, 0.2) is 0 Å². The molecule has 1 heterocycles. The van der Waals surface area contributed by atoms with Crippen LogP contribution in [0.15, 0.2) is 14.6 Å². The average Bonchev–Trinajstić information content (AvgIpc) is 3.04. The Morgan fingerprint density at radius 2 is 2.19 bits per heavy atom. The van der Waals surface area contributed by atoms with Crippen molar-refractivity contribution >= 4 is 51.7 Å². The average molecular weight is 429 g/mol. The number of fused-ring (bicyclic) bond motifs is 1. The molecule has 1 aromatic heterocycles. The van der Waals surface area contributed by atoms with Crippen LogP contribution in [0.4, 0.5) is 4.79 Å². The Hall–Kier alpha value is -1.18. The molecule has 1 fully saturated rings. The van der Waals surface area contributed by atoms with Gasteiger partial charge in [0.1, 0.15) is 4.88 Å². The first-order valence-electron chi connectivity index (χ1n) is 9.33. The van der Waals surface area contributed by atoms with Crippen molar-refractivity contribution in [3.8, 4) is 0 Å². The maximum atomic E-state index is 12.4. The molecule has 2 aliphatic rings. The number of hydrogen-bond donors (Lipinski definition) is 1. The zero-order valence-corrected chi connectivity index (χ0v) is 18.0. The number of allylic oxidation sites excluding steroid dienone is 1. The van der Waals surface area contributed by atoms with Crippen LogP contribution >= 0.6 is 22.9 Å². The van der Waals surface area contributed by atoms with Crippen LogP contribution in [0.2, 0.25) is 0 Å². The van der Waals surface area contributed by atoms with E-state index in [2.05, 4.69) is 15.8 Å². The summed E-state index contributed by atoms with van der Waals surface area (Å²) in [5.74, 6) is -0.283. The number of alkyl halides is 1. The summed E-state index contributed by atoms with van der Waals surface area (Å²) < 4.78 is 10.5. The fraction of sp³-hybridized carbons (Fsp3) is 0.579. The number of ether oxygens (including phenoxy) is 1. The summed E-state index contributed by atoms with van der Waals surface area (Å²) >= 11 is 7.74. The van der Waals surface area contributed by atoms with E-state index in [1.165, 1.54) is 11.3 Å². The van der Waals surface area contributed by atoms with Crippen LogP contribution < -0.4 is 5.32 Å². The first-order chi connectivity index (χ1) is 13.0. The Bertz CT molecular complexity index is 788. The molecule has 3 atom stereocenters. The van der Waals surface area contributed by atoms with Gasteiger partial charge in [-0.2, -0.15) is 4.36 Å². The minimum atomic E-state index is -0.639. The lowest BCUT2D eigenvalue weighted by molar-refractivity contribution is 0.0531. The number of nitrogens with zero attached hydrogens (tertiary/aromatic N) is 1. The van der Waals surface area contributed by atoms with Gasteiger partial charge in [0.2, 0.25) is 0 Å². The Morgan fingerprint density at radius 3 is 2.93 bits per heavy atom. The van der Waals surface area contributed by atoms with Gasteiger partial charge in [-0.05, 0) is 44.4 Å². The molecule has 2 amide bonds. The molecule has 3 rings (SSSR count). The van der Waals surface area contributed by atoms with E-state index in [9.17, 15) is 9.59 Å². The van der Waals surface area contributed by atoms with Crippen molar-refractivity contribution in [3.63, 3.8) is 0 Å². The lowest BCUT2D eigenvalue weighted by atomic mass is 9.95. The van der Waals surface area contributed by atoms with Crippen molar-refractivity contribution in [2.45, 2.75) is 61.1 Å². The van der Waals surface area contributed by atoms with E-state index in [0.717, 1.165) is 53.9 Å². The van der Waals surface area contributed by atoms with E-state index in [4.69, 9.17) is 16.3 Å². The smallest absolute Gasteiger partial charge is 0.348 e. The first kappa shape index (κ1) is 20.6. The molecule has 1 aromatic rings. The second-order valence-corrected chi connectivity index (χ2v) is 10.1. The molecule has 1 N–H and O–H groups in total. The highest BCUT2D eigenvalue weighted by Gasteiger charge is 2.26. The first-order valence-corrected chi connectivity index (χ1v) is 12.2. The van der Waals surface area contributed by atoms with Crippen molar-refractivity contribution < 1.29 is 14.3 Å². The molecule has 1 saturated carbocycles. The maximum absolute atomic E-state index is 12.4. The van der Waals surface area contributed by atoms with Gasteiger partial charge >= 0.3 is 12.0 Å². The molecule has 0 bridgehead atoms. The number of hydrogen-bond acceptors (Lipinski definition) is 4. The van der Waals surface area contributed by atoms with Crippen molar-refractivity contribution in [1.82, 2.24) is 5.32 Å². The molecule has 3 unspecified atom stereocenters. The van der Waals surface area contributed by atoms with Gasteiger partial charge in [-0.25, -0.2) is 9.59 Å². The largest absolute Gasteiger partial charge is 0.462 e. The van der Waals surface area contributed by atoms with E-state index in [-0.39, 0.29) is 23.4 Å². The van der Waals surface area contributed by atoms with Crippen LogP contribution in [-0.4, -0.2) is 36.3 Å². The molecular weight excluding hydrogens is 404 g/mol. The van der Waals surface area contributed by atoms with Crippen LogP contribution in [0.5, 0.6) is 0 Å². The fourth-order valence-electron chi connectivity index (χ4n) is 3.48. The Morgan fingerprint density at radius 1 is 1.41 bits per heavy atom. The van der Waals surface area contributed by atoms with Gasteiger partial charge in [-0.3, -0.25) is 0 Å². The third kappa shape index (κ3) is 4.81. The third-order valence-electron chi connectivity index (χ3n) is 4.80. The molecular formula is C19H25ClN2O3S2. The Kier molecular flexibility index (Phi) is 7.11. The number of nitrogens with one attached hydrogen (secondary N) is 1. The van der Waals surface area contributed by atoms with Crippen LogP contribution in [0, 0.1) is 0 Å². The fourth-order valence-corrected chi connectivity index (χ4v) is 6.53. The van der Waals surface area contributed by atoms with Gasteiger partial charge in [0.05, 0.1) is 16.2 Å². The molecule has 0 aromatic carbocycles. The summed E-state index contributed by atoms with van der Waals surface area (Å²) in [6.45, 7) is 2.15. The Balaban J connectivity index is 1.82. The van der Waals surface area contributed by atoms with Crippen molar-refractivity contribution in [1.29, 1.82) is 0 Å². The monoisotopic (exact) mass is 428 g/mol. The molecule has 27 heavy (non-hydrogen) atoms. The molecule has 0 saturated heterocycles. The van der Waals surface area contributed by atoms with E-state index in [1.54, 1.807) is 6.92 Å². The number of carbonyl (C=O) groups excluding carboxylic acids is 2. The van der Waals surface area contributed by atoms with E-state index >= 15 is 0 Å². The van der Waals surface area contributed by atoms with Crippen molar-refractivity contribution in [2.24, 2.45) is 4.36 Å². The van der Waals surface area contributed by atoms with Crippen LogP contribution in [0.1, 0.15) is 59.8 Å². The third-order valence-corrected chi connectivity index (χ3v) is 8.51. The zero-order valence-electron chi connectivity index (χ0n) is 15.6. The highest BCUT2D eigenvalue weighted by Crippen LogP contribution is 2.36. The predicted molar refractivity (Wildman–Crippen MR) is 112 cm³/mol. The summed E-state index contributed by atoms with van der Waals surface area (Å²) in [4.78, 5) is 25.4. The molecule has 0 radical (unpaired) electrons. The highest BCUT2D eigenvalue weighted by molar-refractivity contribution is 7.89. The second-order valence-electron chi connectivity index (χ2n) is 6.70. The number of urea groups is 1. The molecule has 148 valence electrons. The van der Waals surface area contributed by atoms with Gasteiger partial charge in [0, 0.05) is 11.6 Å². The SMILES string of the molecule is CCOC(=O)c1sc(/S(C)=N/C(=O)NC2CCCCC2Cl)c2c1CCC=C2. The second kappa shape index (κ2) is 9.34. The standard InChI is InChI=1S/C19H25ClN2O3S2/c1-3-25-17(23)16-12-8-4-5-9-13(12)18(26-16)27(2)22-19(24)21-15-11-7-6-10-14(15)20/h5,9,14-15H,3-4,6-8,10-11H2,1-2H3,(H,21,24). The topological polar surface area (TPSA) is 67.8 Å². The minimum absolute atomic E-state index is 0.0130. The molecule has 5 nitrogen and oxygen atoms in total. The van der Waals surface area contributed by atoms with Gasteiger partial charge in [-0.1, -0.05) is 35.7 Å². The van der Waals surface area contributed by atoms with Crippen molar-refractivity contribution in [3.05, 3.63) is 22.1 Å². The number of esters is 1. The van der Waals surface area contributed by atoms with Crippen LogP contribution in [-0.2, 0) is 21.8 Å². The van der Waals surface area contributed by atoms with E-state index in [1.807, 2.05) is 12.3 Å². The summed E-state index contributed by atoms with van der Waals surface area (Å²) in [5, 5.41) is 2.94. The Labute approximate surface area is 171 Å². The van der Waals surface area contributed by atoms with Crippen molar-refractivity contribution in [2.75, 3.05) is 12.9 Å². The molecule has 0 aliphatic heterocycles. The normalized spacial score (nSPS) is 22.9. The van der Waals surface area contributed by atoms with Crippen LogP contribution in [0.3, 0.4) is 0 Å². The number of rotatable bonds is 4. The quantitative estimate of drug-likeness (QED) is 0.545. The van der Waals surface area contributed by atoms with Gasteiger partial charge in [0.25, 0.3) is 0 Å². The lowest BCUT2D eigenvalue weighted by Crippen LogP contribution is -2.41.